The molecule has 3 rings (SSSR count). The van der Waals surface area contributed by atoms with Crippen molar-refractivity contribution >= 4 is 10.2 Å². The second-order valence-electron chi connectivity index (χ2n) is 6.13. The van der Waals surface area contributed by atoms with E-state index >= 15 is 0 Å². The topological polar surface area (TPSA) is 59.1 Å². The summed E-state index contributed by atoms with van der Waals surface area (Å²) in [6.45, 7) is 2.92. The number of piperidine rings is 1. The fourth-order valence-electron chi connectivity index (χ4n) is 3.08. The molecule has 2 heterocycles. The standard InChI is InChI=1S/C16H23FN2O4S/c17-15-5-1-2-6-16(15)23-13-14-4-3-7-19(12-14)24(20,21)18-8-10-22-11-9-18/h1-2,5-6,14H,3-4,7-13H2/t14-/m1/s1. The molecule has 134 valence electrons. The minimum atomic E-state index is -3.45. The molecule has 1 aromatic rings. The molecule has 0 unspecified atom stereocenters. The fourth-order valence-corrected chi connectivity index (χ4v) is 4.78. The molecule has 0 aliphatic carbocycles. The largest absolute Gasteiger partial charge is 0.490 e. The van der Waals surface area contributed by atoms with Crippen LogP contribution in [-0.2, 0) is 14.9 Å². The third kappa shape index (κ3) is 4.05. The van der Waals surface area contributed by atoms with Gasteiger partial charge in [-0.2, -0.15) is 17.0 Å². The van der Waals surface area contributed by atoms with Gasteiger partial charge in [0.2, 0.25) is 0 Å². The Hall–Kier alpha value is -1.22. The van der Waals surface area contributed by atoms with Crippen LogP contribution in [0.1, 0.15) is 12.8 Å². The molecule has 8 heteroatoms. The summed E-state index contributed by atoms with van der Waals surface area (Å²) in [7, 11) is -3.45. The summed E-state index contributed by atoms with van der Waals surface area (Å²) >= 11 is 0. The summed E-state index contributed by atoms with van der Waals surface area (Å²) in [4.78, 5) is 0. The third-order valence-electron chi connectivity index (χ3n) is 4.42. The van der Waals surface area contributed by atoms with Crippen LogP contribution < -0.4 is 4.74 Å². The van der Waals surface area contributed by atoms with Crippen molar-refractivity contribution in [1.82, 2.24) is 8.61 Å². The van der Waals surface area contributed by atoms with Crippen LogP contribution in [0.3, 0.4) is 0 Å². The Morgan fingerprint density at radius 2 is 1.92 bits per heavy atom. The van der Waals surface area contributed by atoms with Gasteiger partial charge in [-0.1, -0.05) is 12.1 Å². The van der Waals surface area contributed by atoms with E-state index in [1.165, 1.54) is 14.7 Å². The van der Waals surface area contributed by atoms with Gasteiger partial charge in [0, 0.05) is 32.1 Å². The predicted molar refractivity (Wildman–Crippen MR) is 87.5 cm³/mol. The summed E-state index contributed by atoms with van der Waals surface area (Å²) in [5, 5.41) is 0. The van der Waals surface area contributed by atoms with Gasteiger partial charge in [-0.15, -0.1) is 0 Å². The van der Waals surface area contributed by atoms with Gasteiger partial charge in [0.05, 0.1) is 19.8 Å². The Morgan fingerprint density at radius 1 is 1.17 bits per heavy atom. The number of para-hydroxylation sites is 1. The highest BCUT2D eigenvalue weighted by Gasteiger charge is 2.34. The van der Waals surface area contributed by atoms with Gasteiger partial charge in [0.15, 0.2) is 11.6 Å². The molecule has 6 nitrogen and oxygen atoms in total. The first-order chi connectivity index (χ1) is 11.6. The second-order valence-corrected chi connectivity index (χ2v) is 8.06. The van der Waals surface area contributed by atoms with Crippen LogP contribution in [-0.4, -0.2) is 63.0 Å². The smallest absolute Gasteiger partial charge is 0.282 e. The molecule has 2 saturated heterocycles. The van der Waals surface area contributed by atoms with E-state index in [1.54, 1.807) is 18.2 Å². The first-order valence-electron chi connectivity index (χ1n) is 8.27. The van der Waals surface area contributed by atoms with Gasteiger partial charge in [-0.05, 0) is 25.0 Å². The molecule has 2 aliphatic rings. The zero-order chi connectivity index (χ0) is 17.0. The summed E-state index contributed by atoms with van der Waals surface area (Å²) in [5.41, 5.74) is 0. The van der Waals surface area contributed by atoms with E-state index in [-0.39, 0.29) is 11.7 Å². The van der Waals surface area contributed by atoms with Crippen LogP contribution in [0.5, 0.6) is 5.75 Å². The highest BCUT2D eigenvalue weighted by atomic mass is 32.2. The van der Waals surface area contributed by atoms with Crippen LogP contribution >= 0.6 is 0 Å². The lowest BCUT2D eigenvalue weighted by atomic mass is 10.0. The number of morpholine rings is 1. The SMILES string of the molecule is O=S(=O)(N1CCOCC1)N1CCC[C@@H](COc2ccccc2F)C1. The average Bonchev–Trinajstić information content (AvgIpc) is 2.62. The molecule has 2 fully saturated rings. The minimum Gasteiger partial charge on any atom is -0.490 e. The molecule has 0 spiro atoms. The normalized spacial score (nSPS) is 24.0. The van der Waals surface area contributed by atoms with E-state index in [2.05, 4.69) is 0 Å². The van der Waals surface area contributed by atoms with Crippen LogP contribution in [0.4, 0.5) is 4.39 Å². The van der Waals surface area contributed by atoms with Crippen LogP contribution in [0, 0.1) is 11.7 Å². The molecule has 0 bridgehead atoms. The Balaban J connectivity index is 1.58. The van der Waals surface area contributed by atoms with E-state index < -0.39 is 16.0 Å². The van der Waals surface area contributed by atoms with Crippen LogP contribution in [0.2, 0.25) is 0 Å². The maximum absolute atomic E-state index is 13.6. The number of rotatable bonds is 5. The van der Waals surface area contributed by atoms with Gasteiger partial charge in [0.1, 0.15) is 0 Å². The first kappa shape index (κ1) is 17.6. The van der Waals surface area contributed by atoms with E-state index in [1.807, 2.05) is 0 Å². The lowest BCUT2D eigenvalue weighted by Gasteiger charge is -2.36. The van der Waals surface area contributed by atoms with Crippen LogP contribution in [0.25, 0.3) is 0 Å². The minimum absolute atomic E-state index is 0.0640. The van der Waals surface area contributed by atoms with Crippen molar-refractivity contribution in [3.8, 4) is 5.75 Å². The molecule has 2 aliphatic heterocycles. The molecular formula is C16H23FN2O4S. The van der Waals surface area contributed by atoms with E-state index in [9.17, 15) is 12.8 Å². The number of nitrogens with zero attached hydrogens (tertiary/aromatic N) is 2. The molecule has 0 radical (unpaired) electrons. The molecular weight excluding hydrogens is 335 g/mol. The van der Waals surface area contributed by atoms with Gasteiger partial charge in [0.25, 0.3) is 10.2 Å². The molecule has 0 amide bonds. The molecule has 1 atom stereocenters. The zero-order valence-electron chi connectivity index (χ0n) is 13.6. The molecule has 0 N–H and O–H groups in total. The van der Waals surface area contributed by atoms with Crippen molar-refractivity contribution in [3.63, 3.8) is 0 Å². The molecule has 24 heavy (non-hydrogen) atoms. The van der Waals surface area contributed by atoms with E-state index in [0.717, 1.165) is 12.8 Å². The van der Waals surface area contributed by atoms with E-state index in [0.29, 0.717) is 46.0 Å². The highest BCUT2D eigenvalue weighted by molar-refractivity contribution is 7.86. The van der Waals surface area contributed by atoms with Gasteiger partial charge in [-0.3, -0.25) is 0 Å². The zero-order valence-corrected chi connectivity index (χ0v) is 14.4. The molecule has 0 aromatic heterocycles. The number of hydrogen-bond donors (Lipinski definition) is 0. The second kappa shape index (κ2) is 7.77. The first-order valence-corrected chi connectivity index (χ1v) is 9.67. The monoisotopic (exact) mass is 358 g/mol. The average molecular weight is 358 g/mol. The number of hydrogen-bond acceptors (Lipinski definition) is 4. The Kier molecular flexibility index (Phi) is 5.70. The predicted octanol–water partition coefficient (Wildman–Crippen LogP) is 1.49. The van der Waals surface area contributed by atoms with E-state index in [4.69, 9.17) is 9.47 Å². The maximum Gasteiger partial charge on any atom is 0.282 e. The summed E-state index contributed by atoms with van der Waals surface area (Å²) in [6.07, 6.45) is 1.67. The number of halogens is 1. The van der Waals surface area contributed by atoms with Gasteiger partial charge < -0.3 is 9.47 Å². The highest BCUT2D eigenvalue weighted by Crippen LogP contribution is 2.23. The third-order valence-corrected chi connectivity index (χ3v) is 6.42. The lowest BCUT2D eigenvalue weighted by molar-refractivity contribution is 0.0684. The number of benzene rings is 1. The van der Waals surface area contributed by atoms with Crippen molar-refractivity contribution in [2.24, 2.45) is 5.92 Å². The van der Waals surface area contributed by atoms with Crippen molar-refractivity contribution in [2.75, 3.05) is 46.0 Å². The quantitative estimate of drug-likeness (QED) is 0.800. The number of ether oxygens (including phenoxy) is 2. The lowest BCUT2D eigenvalue weighted by Crippen LogP contribution is -2.51. The Bertz CT molecular complexity index is 649. The Morgan fingerprint density at radius 3 is 2.67 bits per heavy atom. The fraction of sp³-hybridized carbons (Fsp3) is 0.625. The van der Waals surface area contributed by atoms with Gasteiger partial charge in [-0.25, -0.2) is 4.39 Å². The van der Waals surface area contributed by atoms with Crippen LogP contribution in [0.15, 0.2) is 24.3 Å². The van der Waals surface area contributed by atoms with Crippen molar-refractivity contribution in [3.05, 3.63) is 30.1 Å². The van der Waals surface area contributed by atoms with Crippen molar-refractivity contribution in [1.29, 1.82) is 0 Å². The summed E-state index contributed by atoms with van der Waals surface area (Å²) in [5.74, 6) is -0.120. The van der Waals surface area contributed by atoms with Gasteiger partial charge >= 0.3 is 0 Å². The summed E-state index contributed by atoms with van der Waals surface area (Å²) in [6, 6.07) is 6.26. The maximum atomic E-state index is 13.6. The molecule has 0 saturated carbocycles. The van der Waals surface area contributed by atoms with Crippen molar-refractivity contribution < 1.29 is 22.3 Å². The molecule has 1 aromatic carbocycles. The summed E-state index contributed by atoms with van der Waals surface area (Å²) < 4.78 is 52.8. The Labute approximate surface area is 142 Å². The van der Waals surface area contributed by atoms with Crippen molar-refractivity contribution in [2.45, 2.75) is 12.8 Å².